The molecule has 2 rings (SSSR count). The average molecular weight is 296 g/mol. The molecule has 8 heteroatoms. The number of urea groups is 1. The molecule has 6 nitrogen and oxygen atoms in total. The minimum Gasteiger partial charge on any atom is -0.389 e. The Labute approximate surface area is 119 Å². The molecule has 0 atom stereocenters. The second kappa shape index (κ2) is 5.68. The van der Waals surface area contributed by atoms with Gasteiger partial charge in [-0.05, 0) is 12.1 Å². The van der Waals surface area contributed by atoms with E-state index >= 15 is 0 Å². The Morgan fingerprint density at radius 1 is 1.37 bits per heavy atom. The Balaban J connectivity index is 2.08. The maximum atomic E-state index is 11.8. The Hall–Kier alpha value is -2.12. The van der Waals surface area contributed by atoms with E-state index in [1.165, 1.54) is 6.20 Å². The van der Waals surface area contributed by atoms with Gasteiger partial charge in [0, 0.05) is 0 Å². The van der Waals surface area contributed by atoms with Crippen molar-refractivity contribution in [3.05, 3.63) is 41.0 Å². The normalized spacial score (nSPS) is 9.95. The number of hydrogen-bond donors (Lipinski definition) is 4. The lowest BCUT2D eigenvalue weighted by atomic mass is 10.3. The first-order valence-electron chi connectivity index (χ1n) is 5.23. The fraction of sp³-hybridized carbons (Fsp3) is 0. The van der Waals surface area contributed by atoms with Gasteiger partial charge in [-0.25, -0.2) is 4.79 Å². The fourth-order valence-corrected chi connectivity index (χ4v) is 1.74. The van der Waals surface area contributed by atoms with E-state index in [9.17, 15) is 4.79 Å². The lowest BCUT2D eigenvalue weighted by Crippen LogP contribution is -2.22. The molecule has 0 unspecified atom stereocenters. The minimum atomic E-state index is -0.477. The smallest absolute Gasteiger partial charge is 0.324 e. The lowest BCUT2D eigenvalue weighted by Gasteiger charge is -2.08. The maximum Gasteiger partial charge on any atom is 0.324 e. The molecule has 0 aliphatic rings. The van der Waals surface area contributed by atoms with E-state index in [1.54, 1.807) is 24.3 Å². The monoisotopic (exact) mass is 295 g/mol. The second-order valence-electron chi connectivity index (χ2n) is 3.58. The Bertz CT molecular complexity index is 627. The van der Waals surface area contributed by atoms with Crippen LogP contribution < -0.4 is 16.4 Å². The van der Waals surface area contributed by atoms with Crippen molar-refractivity contribution in [2.24, 2.45) is 5.73 Å². The highest BCUT2D eigenvalue weighted by atomic mass is 35.5. The topological polar surface area (TPSA) is 95.8 Å². The Kier molecular flexibility index (Phi) is 3.98. The number of nitrogens with two attached hydrogens (primary N) is 1. The summed E-state index contributed by atoms with van der Waals surface area (Å²) in [6, 6.07) is 6.41. The first-order chi connectivity index (χ1) is 9.08. The van der Waals surface area contributed by atoms with Gasteiger partial charge in [0.05, 0.1) is 22.5 Å². The van der Waals surface area contributed by atoms with Crippen LogP contribution in [0.3, 0.4) is 0 Å². The Morgan fingerprint density at radius 3 is 2.79 bits per heavy atom. The van der Waals surface area contributed by atoms with Crippen molar-refractivity contribution in [3.8, 4) is 0 Å². The standard InChI is InChI=1S/C11H10ClN5OS/c12-7-3-1-2-4-8(7)15-11(18)16-10-6(9(13)19)5-14-17-10/h1-5H,(H2,13,19)(H3,14,15,16,17,18). The molecule has 1 aromatic carbocycles. The highest BCUT2D eigenvalue weighted by molar-refractivity contribution is 7.80. The van der Waals surface area contributed by atoms with Crippen molar-refractivity contribution in [3.63, 3.8) is 0 Å². The van der Waals surface area contributed by atoms with Crippen LogP contribution >= 0.6 is 23.8 Å². The summed E-state index contributed by atoms with van der Waals surface area (Å²) in [6.45, 7) is 0. The molecular weight excluding hydrogens is 286 g/mol. The van der Waals surface area contributed by atoms with Crippen molar-refractivity contribution in [1.29, 1.82) is 0 Å². The minimum absolute atomic E-state index is 0.141. The van der Waals surface area contributed by atoms with Crippen molar-refractivity contribution in [2.75, 3.05) is 10.6 Å². The molecule has 0 spiro atoms. The summed E-state index contributed by atoms with van der Waals surface area (Å²) < 4.78 is 0. The van der Waals surface area contributed by atoms with Gasteiger partial charge in [-0.3, -0.25) is 10.4 Å². The number of anilines is 2. The van der Waals surface area contributed by atoms with Gasteiger partial charge in [-0.2, -0.15) is 5.10 Å². The van der Waals surface area contributed by atoms with Crippen LogP contribution in [0.5, 0.6) is 0 Å². The highest BCUT2D eigenvalue weighted by Gasteiger charge is 2.11. The third-order valence-corrected chi connectivity index (χ3v) is 2.81. The third-order valence-electron chi connectivity index (χ3n) is 2.27. The molecule has 0 aliphatic heterocycles. The van der Waals surface area contributed by atoms with Crippen LogP contribution in [0.1, 0.15) is 5.56 Å². The second-order valence-corrected chi connectivity index (χ2v) is 4.43. The molecule has 0 saturated heterocycles. The predicted molar refractivity (Wildman–Crippen MR) is 78.6 cm³/mol. The molecule has 0 aliphatic carbocycles. The molecule has 98 valence electrons. The molecule has 2 amide bonds. The number of amides is 2. The summed E-state index contributed by atoms with van der Waals surface area (Å²) in [7, 11) is 0. The summed E-state index contributed by atoms with van der Waals surface area (Å²) >= 11 is 10.8. The number of para-hydroxylation sites is 1. The van der Waals surface area contributed by atoms with Crippen molar-refractivity contribution < 1.29 is 4.79 Å². The summed E-state index contributed by atoms with van der Waals surface area (Å²) in [5.74, 6) is 0.331. The summed E-state index contributed by atoms with van der Waals surface area (Å²) in [5.41, 5.74) is 6.45. The van der Waals surface area contributed by atoms with Crippen LogP contribution in [0, 0.1) is 0 Å². The van der Waals surface area contributed by atoms with Gasteiger partial charge in [-0.15, -0.1) is 0 Å². The number of halogens is 1. The van der Waals surface area contributed by atoms with Crippen LogP contribution in [0.2, 0.25) is 5.02 Å². The number of H-pyrrole nitrogens is 1. The number of carbonyl (C=O) groups is 1. The number of hydrogen-bond acceptors (Lipinski definition) is 3. The molecule has 0 saturated carbocycles. The SMILES string of the molecule is NC(=S)c1cn[nH]c1NC(=O)Nc1ccccc1Cl. The molecule has 5 N–H and O–H groups in total. The van der Waals surface area contributed by atoms with Gasteiger partial charge < -0.3 is 11.1 Å². The average Bonchev–Trinajstić information content (AvgIpc) is 2.80. The number of aromatic amines is 1. The van der Waals surface area contributed by atoms with Gasteiger partial charge >= 0.3 is 6.03 Å². The van der Waals surface area contributed by atoms with Gasteiger partial charge in [0.2, 0.25) is 0 Å². The van der Waals surface area contributed by atoms with E-state index in [1.807, 2.05) is 0 Å². The quantitative estimate of drug-likeness (QED) is 0.654. The molecular formula is C11H10ClN5OS. The molecule has 2 aromatic rings. The van der Waals surface area contributed by atoms with Crippen LogP contribution in [-0.2, 0) is 0 Å². The van der Waals surface area contributed by atoms with Crippen LogP contribution in [0.25, 0.3) is 0 Å². The van der Waals surface area contributed by atoms with E-state index in [4.69, 9.17) is 29.6 Å². The number of nitrogens with zero attached hydrogens (tertiary/aromatic N) is 1. The van der Waals surface area contributed by atoms with Gasteiger partial charge in [0.25, 0.3) is 0 Å². The number of rotatable bonds is 3. The largest absolute Gasteiger partial charge is 0.389 e. The molecule has 1 heterocycles. The summed E-state index contributed by atoms with van der Waals surface area (Å²) in [6.07, 6.45) is 1.44. The van der Waals surface area contributed by atoms with Crippen molar-refractivity contribution in [1.82, 2.24) is 10.2 Å². The molecule has 19 heavy (non-hydrogen) atoms. The van der Waals surface area contributed by atoms with Crippen LogP contribution in [0.15, 0.2) is 30.5 Å². The van der Waals surface area contributed by atoms with E-state index in [-0.39, 0.29) is 4.99 Å². The van der Waals surface area contributed by atoms with Crippen molar-refractivity contribution >= 4 is 46.3 Å². The number of aromatic nitrogens is 2. The molecule has 0 bridgehead atoms. The van der Waals surface area contributed by atoms with E-state index in [0.717, 1.165) is 0 Å². The zero-order valence-corrected chi connectivity index (χ0v) is 11.2. The van der Waals surface area contributed by atoms with Crippen molar-refractivity contribution in [2.45, 2.75) is 0 Å². The number of benzene rings is 1. The summed E-state index contributed by atoms with van der Waals surface area (Å²) in [4.78, 5) is 11.9. The highest BCUT2D eigenvalue weighted by Crippen LogP contribution is 2.20. The van der Waals surface area contributed by atoms with Gasteiger partial charge in [-0.1, -0.05) is 36.0 Å². The van der Waals surface area contributed by atoms with E-state index in [2.05, 4.69) is 20.8 Å². The zero-order valence-electron chi connectivity index (χ0n) is 9.61. The van der Waals surface area contributed by atoms with Gasteiger partial charge in [0.15, 0.2) is 0 Å². The molecule has 1 aromatic heterocycles. The first-order valence-corrected chi connectivity index (χ1v) is 6.02. The Morgan fingerprint density at radius 2 is 2.11 bits per heavy atom. The number of carbonyl (C=O) groups excluding carboxylic acids is 1. The fourth-order valence-electron chi connectivity index (χ4n) is 1.40. The number of nitrogens with one attached hydrogen (secondary N) is 3. The zero-order chi connectivity index (χ0) is 13.8. The van der Waals surface area contributed by atoms with Crippen LogP contribution in [-0.4, -0.2) is 21.2 Å². The summed E-state index contributed by atoms with van der Waals surface area (Å²) in [5, 5.41) is 12.0. The van der Waals surface area contributed by atoms with Crippen LogP contribution in [0.4, 0.5) is 16.3 Å². The third kappa shape index (κ3) is 3.21. The van der Waals surface area contributed by atoms with Gasteiger partial charge in [0.1, 0.15) is 10.8 Å². The lowest BCUT2D eigenvalue weighted by molar-refractivity contribution is 0.262. The predicted octanol–water partition coefficient (Wildman–Crippen LogP) is 2.34. The van der Waals surface area contributed by atoms with E-state index in [0.29, 0.717) is 22.1 Å². The molecule has 0 radical (unpaired) electrons. The maximum absolute atomic E-state index is 11.8. The number of thiocarbonyl (C=S) groups is 1. The van der Waals surface area contributed by atoms with E-state index < -0.39 is 6.03 Å². The molecule has 0 fully saturated rings. The first kappa shape index (κ1) is 13.3.